The van der Waals surface area contributed by atoms with Gasteiger partial charge in [0.25, 0.3) is 0 Å². The van der Waals surface area contributed by atoms with E-state index >= 15 is 0 Å². The van der Waals surface area contributed by atoms with Crippen molar-refractivity contribution in [2.24, 2.45) is 28.6 Å². The molecule has 2 fully saturated rings. The maximum absolute atomic E-state index is 2.60. The fourth-order valence-corrected chi connectivity index (χ4v) is 4.92. The molecule has 0 heteroatoms. The summed E-state index contributed by atoms with van der Waals surface area (Å²) in [6.07, 6.45) is 10.3. The summed E-state index contributed by atoms with van der Waals surface area (Å²) in [5, 5.41) is 0. The Hall–Kier alpha value is 0. The third-order valence-corrected chi connectivity index (χ3v) is 6.55. The maximum Gasteiger partial charge on any atom is -0.0292 e. The molecule has 0 aromatic rings. The van der Waals surface area contributed by atoms with Crippen LogP contribution in [0.5, 0.6) is 0 Å². The summed E-state index contributed by atoms with van der Waals surface area (Å²) in [7, 11) is 0. The molecule has 0 aromatic carbocycles. The second-order valence-corrected chi connectivity index (χ2v) is 7.85. The Labute approximate surface area is 109 Å². The zero-order valence-electron chi connectivity index (χ0n) is 12.7. The zero-order valence-corrected chi connectivity index (χ0v) is 12.7. The van der Waals surface area contributed by atoms with Gasteiger partial charge in [-0.15, -0.1) is 0 Å². The van der Waals surface area contributed by atoms with E-state index in [1.54, 1.807) is 0 Å². The first-order valence-corrected chi connectivity index (χ1v) is 7.91. The lowest BCUT2D eigenvalue weighted by atomic mass is 9.48. The second kappa shape index (κ2) is 4.59. The van der Waals surface area contributed by atoms with Crippen molar-refractivity contribution in [3.05, 3.63) is 0 Å². The minimum absolute atomic E-state index is 0.639. The van der Waals surface area contributed by atoms with Gasteiger partial charge < -0.3 is 0 Å². The van der Waals surface area contributed by atoms with Crippen LogP contribution in [0.3, 0.4) is 0 Å². The molecule has 4 atom stereocenters. The minimum atomic E-state index is 0.639. The van der Waals surface area contributed by atoms with E-state index in [4.69, 9.17) is 0 Å². The van der Waals surface area contributed by atoms with Crippen molar-refractivity contribution in [2.45, 2.75) is 79.6 Å². The van der Waals surface area contributed by atoms with Gasteiger partial charge in [-0.25, -0.2) is 0 Å². The van der Waals surface area contributed by atoms with Crippen molar-refractivity contribution in [3.8, 4) is 0 Å². The van der Waals surface area contributed by atoms with Crippen LogP contribution in [0, 0.1) is 28.6 Å². The first kappa shape index (κ1) is 13.4. The molecule has 100 valence electrons. The molecule has 2 aliphatic carbocycles. The summed E-state index contributed by atoms with van der Waals surface area (Å²) in [4.78, 5) is 0. The molecule has 0 bridgehead atoms. The highest BCUT2D eigenvalue weighted by atomic mass is 14.6. The maximum atomic E-state index is 2.60. The molecule has 2 rings (SSSR count). The van der Waals surface area contributed by atoms with Gasteiger partial charge in [0.05, 0.1) is 0 Å². The number of hydrogen-bond acceptors (Lipinski definition) is 0. The van der Waals surface area contributed by atoms with Crippen molar-refractivity contribution < 1.29 is 0 Å². The smallest absolute Gasteiger partial charge is 0.0292 e. The molecule has 0 saturated heterocycles. The van der Waals surface area contributed by atoms with Gasteiger partial charge in [-0.05, 0) is 60.7 Å². The van der Waals surface area contributed by atoms with Gasteiger partial charge in [0.2, 0.25) is 0 Å². The highest BCUT2D eigenvalue weighted by Crippen LogP contribution is 2.60. The monoisotopic (exact) mass is 236 g/mol. The van der Waals surface area contributed by atoms with Crippen molar-refractivity contribution in [1.29, 1.82) is 0 Å². The highest BCUT2D eigenvalue weighted by Gasteiger charge is 2.50. The topological polar surface area (TPSA) is 0 Å². The standard InChI is InChI=1S/C17H32/c1-6-16(4)9-7-10-17(5)11-8-14(13(2)3)12-15(16)17/h13-15H,6-12H2,1-5H3/t14-,15+,16-,17-/m1/s1. The van der Waals surface area contributed by atoms with Crippen molar-refractivity contribution in [3.63, 3.8) is 0 Å². The van der Waals surface area contributed by atoms with E-state index in [0.717, 1.165) is 17.8 Å². The van der Waals surface area contributed by atoms with E-state index in [1.807, 2.05) is 0 Å². The predicted octanol–water partition coefficient (Wildman–Crippen LogP) is 5.67. The predicted molar refractivity (Wildman–Crippen MR) is 76.0 cm³/mol. The van der Waals surface area contributed by atoms with Crippen LogP contribution in [0.4, 0.5) is 0 Å². The molecule has 0 amide bonds. The lowest BCUT2D eigenvalue weighted by Crippen LogP contribution is -2.47. The second-order valence-electron chi connectivity index (χ2n) is 7.85. The summed E-state index contributed by atoms with van der Waals surface area (Å²) in [6, 6.07) is 0. The third-order valence-electron chi connectivity index (χ3n) is 6.55. The average molecular weight is 236 g/mol. The Kier molecular flexibility index (Phi) is 3.63. The molecule has 17 heavy (non-hydrogen) atoms. The minimum Gasteiger partial charge on any atom is -0.0649 e. The summed E-state index contributed by atoms with van der Waals surface area (Å²) in [6.45, 7) is 12.5. The fraction of sp³-hybridized carbons (Fsp3) is 1.00. The van der Waals surface area contributed by atoms with Gasteiger partial charge >= 0.3 is 0 Å². The lowest BCUT2D eigenvalue weighted by molar-refractivity contribution is -0.0670. The average Bonchev–Trinajstić information content (AvgIpc) is 2.28. The first-order valence-electron chi connectivity index (χ1n) is 7.91. The first-order chi connectivity index (χ1) is 7.91. The van der Waals surface area contributed by atoms with Crippen LogP contribution in [-0.4, -0.2) is 0 Å². The van der Waals surface area contributed by atoms with E-state index in [2.05, 4.69) is 34.6 Å². The van der Waals surface area contributed by atoms with Crippen LogP contribution < -0.4 is 0 Å². The number of rotatable bonds is 2. The van der Waals surface area contributed by atoms with Crippen LogP contribution in [0.15, 0.2) is 0 Å². The summed E-state index contributed by atoms with van der Waals surface area (Å²) in [5.41, 5.74) is 1.31. The molecular weight excluding hydrogens is 204 g/mol. The molecule has 0 heterocycles. The Morgan fingerprint density at radius 2 is 1.82 bits per heavy atom. The third kappa shape index (κ3) is 2.29. The molecule has 0 aliphatic heterocycles. The molecular formula is C17H32. The van der Waals surface area contributed by atoms with Crippen molar-refractivity contribution in [1.82, 2.24) is 0 Å². The van der Waals surface area contributed by atoms with Gasteiger partial charge in [0.15, 0.2) is 0 Å². The largest absolute Gasteiger partial charge is 0.0649 e. The quantitative estimate of drug-likeness (QED) is 0.580. The molecule has 2 saturated carbocycles. The van der Waals surface area contributed by atoms with Gasteiger partial charge in [-0.1, -0.05) is 47.5 Å². The molecule has 0 radical (unpaired) electrons. The van der Waals surface area contributed by atoms with Crippen LogP contribution in [-0.2, 0) is 0 Å². The van der Waals surface area contributed by atoms with E-state index < -0.39 is 0 Å². The van der Waals surface area contributed by atoms with E-state index in [0.29, 0.717) is 10.8 Å². The molecule has 2 aliphatic rings. The molecule has 0 spiro atoms. The van der Waals surface area contributed by atoms with Crippen LogP contribution in [0.2, 0.25) is 0 Å². The van der Waals surface area contributed by atoms with Crippen LogP contribution in [0.25, 0.3) is 0 Å². The van der Waals surface area contributed by atoms with E-state index in [9.17, 15) is 0 Å². The Morgan fingerprint density at radius 1 is 1.12 bits per heavy atom. The summed E-state index contributed by atoms with van der Waals surface area (Å²) < 4.78 is 0. The summed E-state index contributed by atoms with van der Waals surface area (Å²) in [5.74, 6) is 2.88. The fourth-order valence-electron chi connectivity index (χ4n) is 4.92. The van der Waals surface area contributed by atoms with Crippen LogP contribution in [0.1, 0.15) is 79.6 Å². The Bertz CT molecular complexity index is 257. The van der Waals surface area contributed by atoms with Gasteiger partial charge in [-0.2, -0.15) is 0 Å². The van der Waals surface area contributed by atoms with Crippen molar-refractivity contribution in [2.75, 3.05) is 0 Å². The number of fused-ring (bicyclic) bond motifs is 1. The molecule has 0 aromatic heterocycles. The Balaban J connectivity index is 2.21. The van der Waals surface area contributed by atoms with E-state index in [1.165, 1.54) is 44.9 Å². The summed E-state index contributed by atoms with van der Waals surface area (Å²) >= 11 is 0. The SMILES string of the molecule is CC[C@]1(C)CCC[C@]2(C)CC[C@@H](C(C)C)C[C@H]21. The zero-order chi connectivity index (χ0) is 12.7. The lowest BCUT2D eigenvalue weighted by Gasteiger charge is -2.57. The molecule has 0 N–H and O–H groups in total. The normalized spacial score (nSPS) is 46.9. The van der Waals surface area contributed by atoms with Crippen LogP contribution >= 0.6 is 0 Å². The highest BCUT2D eigenvalue weighted by molar-refractivity contribution is 5.00. The van der Waals surface area contributed by atoms with Gasteiger partial charge in [0.1, 0.15) is 0 Å². The van der Waals surface area contributed by atoms with Gasteiger partial charge in [0, 0.05) is 0 Å². The number of hydrogen-bond donors (Lipinski definition) is 0. The Morgan fingerprint density at radius 3 is 2.41 bits per heavy atom. The van der Waals surface area contributed by atoms with E-state index in [-0.39, 0.29) is 0 Å². The molecule has 0 unspecified atom stereocenters. The molecule has 0 nitrogen and oxygen atoms in total. The van der Waals surface area contributed by atoms with Crippen molar-refractivity contribution >= 4 is 0 Å². The van der Waals surface area contributed by atoms with Gasteiger partial charge in [-0.3, -0.25) is 0 Å².